The van der Waals surface area contributed by atoms with Crippen LogP contribution < -0.4 is 24.3 Å². The molecule has 0 radical (unpaired) electrons. The highest BCUT2D eigenvalue weighted by molar-refractivity contribution is 7.44. The van der Waals surface area contributed by atoms with Gasteiger partial charge < -0.3 is 24.6 Å². The maximum atomic E-state index is 12.7. The molecule has 0 bridgehead atoms. The molecule has 0 spiro atoms. The minimum Gasteiger partial charge on any atom is -0.756 e. The number of benzene rings is 1. The number of pyridine rings is 1. The third-order valence-corrected chi connectivity index (χ3v) is 5.25. The first-order valence-corrected chi connectivity index (χ1v) is 11.4. The Hall–Kier alpha value is -2.01. The Bertz CT molecular complexity index is 1030. The van der Waals surface area contributed by atoms with E-state index in [0.717, 1.165) is 17.4 Å². The molecule has 174 valence electrons. The fourth-order valence-electron chi connectivity index (χ4n) is 2.54. The lowest BCUT2D eigenvalue weighted by molar-refractivity contribution is -0.726. The molecule has 1 aromatic heterocycles. The average molecular weight is 513 g/mol. The van der Waals surface area contributed by atoms with Gasteiger partial charge in [0.1, 0.15) is 10.0 Å². The molecule has 1 aromatic carbocycles. The Morgan fingerprint density at radius 1 is 1.28 bits per heavy atom. The molecule has 1 aliphatic carbocycles. The first kappa shape index (κ1) is 24.6. The number of carbonyl (C=O) groups excluding carboxylic acids is 1. The summed E-state index contributed by atoms with van der Waals surface area (Å²) in [6.45, 7) is -3.34. The molecule has 1 aliphatic rings. The lowest BCUT2D eigenvalue weighted by Crippen LogP contribution is -2.35. The zero-order valence-corrected chi connectivity index (χ0v) is 18.6. The number of hydrogen-bond donors (Lipinski definition) is 2. The van der Waals surface area contributed by atoms with Crippen LogP contribution >= 0.6 is 31.0 Å². The molecular weight excluding hydrogens is 496 g/mol. The van der Waals surface area contributed by atoms with Crippen LogP contribution in [0.2, 0.25) is 10.0 Å². The van der Waals surface area contributed by atoms with E-state index < -0.39 is 27.1 Å². The number of phosphoric ester groups is 1. The first-order chi connectivity index (χ1) is 15.0. The van der Waals surface area contributed by atoms with Gasteiger partial charge in [-0.1, -0.05) is 23.2 Å². The van der Waals surface area contributed by atoms with Gasteiger partial charge in [0.2, 0.25) is 0 Å². The van der Waals surface area contributed by atoms with E-state index in [1.807, 2.05) is 0 Å². The Balaban J connectivity index is 1.76. The molecule has 2 aromatic rings. The molecular formula is C18H17Cl2F2N2O7P. The summed E-state index contributed by atoms with van der Waals surface area (Å²) in [6.07, 6.45) is 4.38. The Kier molecular flexibility index (Phi) is 7.92. The average Bonchev–Trinajstić information content (AvgIpc) is 3.51. The highest BCUT2D eigenvalue weighted by Gasteiger charge is 2.24. The number of amides is 1. The van der Waals surface area contributed by atoms with E-state index in [-0.39, 0.29) is 32.8 Å². The number of rotatable bonds is 10. The number of aromatic nitrogens is 1. The second-order valence-electron chi connectivity index (χ2n) is 6.82. The molecule has 3 rings (SSSR count). The second kappa shape index (κ2) is 10.3. The Labute approximate surface area is 191 Å². The lowest BCUT2D eigenvalue weighted by Gasteiger charge is -2.15. The number of ether oxygens (including phenoxy) is 2. The summed E-state index contributed by atoms with van der Waals surface area (Å²) in [7, 11) is -4.96. The SMILES string of the molecule is O=C(Nc1c(Cl)c[n+](COP(=O)([O-])O)cc1Cl)c1ccc(OC(F)F)c(OCC2CC2)c1. The van der Waals surface area contributed by atoms with E-state index >= 15 is 0 Å². The summed E-state index contributed by atoms with van der Waals surface area (Å²) >= 11 is 12.2. The van der Waals surface area contributed by atoms with Crippen LogP contribution in [-0.4, -0.2) is 24.0 Å². The fraction of sp³-hybridized carbons (Fsp3) is 0.333. The maximum Gasteiger partial charge on any atom is 0.387 e. The van der Waals surface area contributed by atoms with Crippen LogP contribution in [0.15, 0.2) is 30.6 Å². The van der Waals surface area contributed by atoms with Crippen LogP contribution in [0.3, 0.4) is 0 Å². The molecule has 1 saturated carbocycles. The predicted octanol–water partition coefficient (Wildman–Crippen LogP) is 3.36. The standard InChI is InChI=1S/C18H17Cl2F2N2O7P/c19-12-6-24(9-30-32(26,27)28)7-13(20)16(12)23-17(25)11-3-4-14(31-18(21)22)15(5-11)29-8-10-1-2-10/h3-7,10,18H,1-2,8-9H2,(H2,26,27,28). The summed E-state index contributed by atoms with van der Waals surface area (Å²) in [4.78, 5) is 32.0. The van der Waals surface area contributed by atoms with Gasteiger partial charge in [-0.2, -0.15) is 13.3 Å². The molecule has 0 aliphatic heterocycles. The zero-order chi connectivity index (χ0) is 23.5. The normalized spacial score (nSPS) is 15.3. The minimum absolute atomic E-state index is 0.00357. The number of phosphoric acid groups is 1. The van der Waals surface area contributed by atoms with Gasteiger partial charge in [0.05, 0.1) is 12.3 Å². The van der Waals surface area contributed by atoms with Gasteiger partial charge in [-0.05, 0) is 37.0 Å². The van der Waals surface area contributed by atoms with E-state index in [1.165, 1.54) is 30.6 Å². The minimum atomic E-state index is -4.96. The number of carbonyl (C=O) groups is 1. The first-order valence-electron chi connectivity index (χ1n) is 9.11. The third-order valence-electron chi connectivity index (χ3n) is 4.24. The van der Waals surface area contributed by atoms with E-state index in [9.17, 15) is 23.0 Å². The van der Waals surface area contributed by atoms with E-state index in [4.69, 9.17) is 32.8 Å². The molecule has 1 atom stereocenters. The highest BCUT2D eigenvalue weighted by atomic mass is 35.5. The van der Waals surface area contributed by atoms with Crippen molar-refractivity contribution < 1.29 is 46.5 Å². The van der Waals surface area contributed by atoms with Gasteiger partial charge in [0.25, 0.3) is 20.5 Å². The molecule has 1 unspecified atom stereocenters. The molecule has 2 N–H and O–H groups in total. The van der Waals surface area contributed by atoms with Crippen LogP contribution in [0.1, 0.15) is 23.2 Å². The number of anilines is 1. The topological polar surface area (TPSA) is 121 Å². The summed E-state index contributed by atoms with van der Waals surface area (Å²) < 4.78 is 51.4. The van der Waals surface area contributed by atoms with E-state index in [2.05, 4.69) is 14.6 Å². The summed E-state index contributed by atoms with van der Waals surface area (Å²) in [6, 6.07) is 3.73. The lowest BCUT2D eigenvalue weighted by atomic mass is 10.2. The molecule has 32 heavy (non-hydrogen) atoms. The van der Waals surface area contributed by atoms with E-state index in [0.29, 0.717) is 12.5 Å². The second-order valence-corrected chi connectivity index (χ2v) is 8.83. The summed E-state index contributed by atoms with van der Waals surface area (Å²) in [5, 5.41) is 2.37. The van der Waals surface area contributed by atoms with Crippen LogP contribution in [-0.2, 0) is 15.8 Å². The fourth-order valence-corrected chi connectivity index (χ4v) is 3.41. The summed E-state index contributed by atoms with van der Waals surface area (Å²) in [5.41, 5.74) is 0.0782. The van der Waals surface area contributed by atoms with Crippen molar-refractivity contribution in [3.05, 3.63) is 46.2 Å². The van der Waals surface area contributed by atoms with Crippen molar-refractivity contribution >= 4 is 42.6 Å². The van der Waals surface area contributed by atoms with Crippen LogP contribution in [0.25, 0.3) is 0 Å². The van der Waals surface area contributed by atoms with Crippen molar-refractivity contribution in [3.8, 4) is 11.5 Å². The zero-order valence-electron chi connectivity index (χ0n) is 16.2. The van der Waals surface area contributed by atoms with Crippen molar-refractivity contribution in [2.24, 2.45) is 5.92 Å². The van der Waals surface area contributed by atoms with Gasteiger partial charge in [0.15, 0.2) is 23.9 Å². The molecule has 1 fully saturated rings. The number of nitrogens with one attached hydrogen (secondary N) is 1. The van der Waals surface area contributed by atoms with Crippen molar-refractivity contribution in [1.29, 1.82) is 0 Å². The smallest absolute Gasteiger partial charge is 0.387 e. The van der Waals surface area contributed by atoms with Crippen LogP contribution in [0.4, 0.5) is 14.5 Å². The molecule has 1 heterocycles. The Morgan fingerprint density at radius 2 is 1.94 bits per heavy atom. The molecule has 1 amide bonds. The Morgan fingerprint density at radius 3 is 2.50 bits per heavy atom. The van der Waals surface area contributed by atoms with E-state index in [1.54, 1.807) is 0 Å². The third kappa shape index (κ3) is 7.26. The van der Waals surface area contributed by atoms with Gasteiger partial charge in [-0.3, -0.25) is 13.9 Å². The maximum absolute atomic E-state index is 12.7. The predicted molar refractivity (Wildman–Crippen MR) is 107 cm³/mol. The number of halogens is 4. The van der Waals surface area contributed by atoms with Crippen molar-refractivity contribution in [1.82, 2.24) is 0 Å². The molecule has 14 heteroatoms. The molecule has 0 saturated heterocycles. The quantitative estimate of drug-likeness (QED) is 0.369. The number of alkyl halides is 2. The summed E-state index contributed by atoms with van der Waals surface area (Å²) in [5.74, 6) is -0.530. The van der Waals surface area contributed by atoms with Gasteiger partial charge >= 0.3 is 6.61 Å². The van der Waals surface area contributed by atoms with Crippen molar-refractivity contribution in [2.45, 2.75) is 26.2 Å². The largest absolute Gasteiger partial charge is 0.756 e. The van der Waals surface area contributed by atoms with Gasteiger partial charge in [-0.15, -0.1) is 0 Å². The van der Waals surface area contributed by atoms with Crippen molar-refractivity contribution in [3.63, 3.8) is 0 Å². The van der Waals surface area contributed by atoms with Crippen molar-refractivity contribution in [2.75, 3.05) is 11.9 Å². The monoisotopic (exact) mass is 512 g/mol. The van der Waals surface area contributed by atoms with Crippen LogP contribution in [0.5, 0.6) is 11.5 Å². The molecule has 9 nitrogen and oxygen atoms in total. The number of hydrogen-bond acceptors (Lipinski definition) is 6. The van der Waals surface area contributed by atoms with Gasteiger partial charge in [-0.25, -0.2) is 0 Å². The van der Waals surface area contributed by atoms with Gasteiger partial charge in [0, 0.05) is 5.56 Å². The number of nitrogens with zero attached hydrogens (tertiary/aromatic N) is 1. The highest BCUT2D eigenvalue weighted by Crippen LogP contribution is 2.35. The van der Waals surface area contributed by atoms with Crippen LogP contribution in [0, 0.1) is 5.92 Å².